The van der Waals surface area contributed by atoms with E-state index in [1.807, 2.05) is 48.7 Å². The lowest BCUT2D eigenvalue weighted by atomic mass is 10.0. The summed E-state index contributed by atoms with van der Waals surface area (Å²) in [6.45, 7) is 2.07. The van der Waals surface area contributed by atoms with Gasteiger partial charge in [0.1, 0.15) is 17.8 Å². The second-order valence-electron chi connectivity index (χ2n) is 6.49. The van der Waals surface area contributed by atoms with E-state index >= 15 is 0 Å². The van der Waals surface area contributed by atoms with Crippen LogP contribution in [0.4, 0.5) is 5.82 Å². The molecule has 0 saturated carbocycles. The highest BCUT2D eigenvalue weighted by Crippen LogP contribution is 2.31. The van der Waals surface area contributed by atoms with E-state index in [2.05, 4.69) is 32.2 Å². The molecule has 0 amide bonds. The largest absolute Gasteiger partial charge is 0.363 e. The van der Waals surface area contributed by atoms with Crippen molar-refractivity contribution in [2.24, 2.45) is 0 Å². The molecule has 0 aliphatic heterocycles. The lowest BCUT2D eigenvalue weighted by molar-refractivity contribution is 0.843. The van der Waals surface area contributed by atoms with Crippen LogP contribution in [-0.4, -0.2) is 29.5 Å². The van der Waals surface area contributed by atoms with Crippen LogP contribution in [0.1, 0.15) is 18.5 Å². The Morgan fingerprint density at radius 2 is 1.96 bits per heavy atom. The van der Waals surface area contributed by atoms with E-state index < -0.39 is 0 Å². The topological polar surface area (TPSA) is 83.8 Å². The summed E-state index contributed by atoms with van der Waals surface area (Å²) in [5.41, 5.74) is 4.34. The number of hydrogen-bond acceptors (Lipinski definition) is 5. The van der Waals surface area contributed by atoms with Crippen LogP contribution >= 0.6 is 11.6 Å². The van der Waals surface area contributed by atoms with Gasteiger partial charge in [0.25, 0.3) is 0 Å². The van der Waals surface area contributed by atoms with Gasteiger partial charge in [0.05, 0.1) is 23.3 Å². The van der Waals surface area contributed by atoms with Gasteiger partial charge < -0.3 is 10.3 Å². The average molecular weight is 390 g/mol. The molecule has 0 aliphatic rings. The zero-order valence-electron chi connectivity index (χ0n) is 15.0. The van der Waals surface area contributed by atoms with Gasteiger partial charge >= 0.3 is 0 Å². The van der Waals surface area contributed by atoms with Crippen LogP contribution in [0.5, 0.6) is 0 Å². The summed E-state index contributed by atoms with van der Waals surface area (Å²) in [7, 11) is 0. The predicted molar refractivity (Wildman–Crippen MR) is 109 cm³/mol. The average Bonchev–Trinajstić information content (AvgIpc) is 3.35. The van der Waals surface area contributed by atoms with E-state index in [1.165, 1.54) is 0 Å². The number of nitrogens with zero attached hydrogens (tertiary/aromatic N) is 5. The van der Waals surface area contributed by atoms with Gasteiger partial charge in [-0.15, -0.1) is 0 Å². The molecule has 4 heterocycles. The number of aromatic amines is 1. The van der Waals surface area contributed by atoms with Gasteiger partial charge in [-0.2, -0.15) is 5.10 Å². The fourth-order valence-corrected chi connectivity index (χ4v) is 3.49. The Bertz CT molecular complexity index is 1280. The second-order valence-corrected chi connectivity index (χ2v) is 6.88. The van der Waals surface area contributed by atoms with E-state index in [-0.39, 0.29) is 6.04 Å². The van der Waals surface area contributed by atoms with Crippen LogP contribution < -0.4 is 5.32 Å². The van der Waals surface area contributed by atoms with E-state index in [0.29, 0.717) is 10.8 Å². The number of aromatic nitrogens is 6. The molecule has 5 aromatic rings. The molecule has 28 heavy (non-hydrogen) atoms. The Morgan fingerprint density at radius 1 is 1.11 bits per heavy atom. The van der Waals surface area contributed by atoms with Crippen molar-refractivity contribution in [1.29, 1.82) is 0 Å². The summed E-state index contributed by atoms with van der Waals surface area (Å²) >= 11 is 6.25. The summed E-state index contributed by atoms with van der Waals surface area (Å²) in [6.07, 6.45) is 5.00. The monoisotopic (exact) mass is 389 g/mol. The first-order valence-corrected chi connectivity index (χ1v) is 9.23. The molecule has 0 bridgehead atoms. The molecule has 0 aliphatic carbocycles. The lowest BCUT2D eigenvalue weighted by Gasteiger charge is -2.19. The van der Waals surface area contributed by atoms with Gasteiger partial charge in [0.15, 0.2) is 10.8 Å². The number of fused-ring (bicyclic) bond motifs is 2. The fraction of sp³-hybridized carbons (Fsp3) is 0.100. The molecule has 138 valence electrons. The third-order valence-corrected chi connectivity index (χ3v) is 4.96. The number of nitrogens with one attached hydrogen (secondary N) is 2. The minimum absolute atomic E-state index is 0.0730. The fourth-order valence-electron chi connectivity index (χ4n) is 3.32. The van der Waals surface area contributed by atoms with Gasteiger partial charge in [-0.1, -0.05) is 41.9 Å². The molecule has 0 fully saturated rings. The van der Waals surface area contributed by atoms with E-state index in [0.717, 1.165) is 33.7 Å². The maximum atomic E-state index is 6.25. The minimum atomic E-state index is -0.0730. The van der Waals surface area contributed by atoms with Crippen molar-refractivity contribution >= 4 is 34.1 Å². The van der Waals surface area contributed by atoms with E-state index in [4.69, 9.17) is 16.7 Å². The Hall–Kier alpha value is -3.45. The number of halogens is 1. The zero-order valence-corrected chi connectivity index (χ0v) is 15.7. The first-order valence-electron chi connectivity index (χ1n) is 8.85. The molecule has 7 nitrogen and oxygen atoms in total. The molecule has 8 heteroatoms. The molecule has 4 aromatic heterocycles. The van der Waals surface area contributed by atoms with E-state index in [9.17, 15) is 0 Å². The molecule has 2 N–H and O–H groups in total. The summed E-state index contributed by atoms with van der Waals surface area (Å²) in [5.74, 6) is 0.763. The number of benzene rings is 1. The Morgan fingerprint density at radius 3 is 2.82 bits per heavy atom. The zero-order chi connectivity index (χ0) is 19.1. The molecule has 1 aromatic carbocycles. The third kappa shape index (κ3) is 2.76. The van der Waals surface area contributed by atoms with Gasteiger partial charge in [-0.3, -0.25) is 0 Å². The SMILES string of the molecule is C[C@H](Nc1ncnc2[nH]ccc12)c1cc2ncc(Cl)n2nc1-c1ccccc1. The molecule has 0 saturated heterocycles. The van der Waals surface area contributed by atoms with Crippen LogP contribution in [0.15, 0.2) is 61.2 Å². The predicted octanol–water partition coefficient (Wildman–Crippen LogP) is 4.49. The molecule has 0 unspecified atom stereocenters. The van der Waals surface area contributed by atoms with Crippen molar-refractivity contribution in [3.63, 3.8) is 0 Å². The van der Waals surface area contributed by atoms with Crippen molar-refractivity contribution in [2.45, 2.75) is 13.0 Å². The quantitative estimate of drug-likeness (QED) is 0.473. The molecule has 1 atom stereocenters. The first-order chi connectivity index (χ1) is 13.7. The maximum absolute atomic E-state index is 6.25. The van der Waals surface area contributed by atoms with Crippen molar-refractivity contribution < 1.29 is 0 Å². The maximum Gasteiger partial charge on any atom is 0.155 e. The van der Waals surface area contributed by atoms with Crippen molar-refractivity contribution in [3.05, 3.63) is 71.9 Å². The van der Waals surface area contributed by atoms with Crippen LogP contribution in [0, 0.1) is 0 Å². The number of hydrogen-bond donors (Lipinski definition) is 2. The molecular weight excluding hydrogens is 374 g/mol. The van der Waals surface area contributed by atoms with Crippen LogP contribution in [0.25, 0.3) is 27.9 Å². The normalized spacial score (nSPS) is 12.5. The number of rotatable bonds is 4. The highest BCUT2D eigenvalue weighted by atomic mass is 35.5. The third-order valence-electron chi connectivity index (χ3n) is 4.70. The van der Waals surface area contributed by atoms with Gasteiger partial charge in [-0.05, 0) is 19.1 Å². The summed E-state index contributed by atoms with van der Waals surface area (Å²) in [5, 5.41) is 9.67. The number of imidazole rings is 1. The van der Waals surface area contributed by atoms with Crippen LogP contribution in [-0.2, 0) is 0 Å². The second kappa shape index (κ2) is 6.61. The Kier molecular flexibility index (Phi) is 3.95. The lowest BCUT2D eigenvalue weighted by Crippen LogP contribution is -2.12. The summed E-state index contributed by atoms with van der Waals surface area (Å²) in [4.78, 5) is 16.1. The number of anilines is 1. The standard InChI is InChI=1S/C20H16ClN7/c1-12(26-20-14-7-8-22-19(14)24-11-25-20)15-9-17-23-10-16(21)28(17)27-18(15)13-5-3-2-4-6-13/h2-12H,1H3,(H2,22,24,25,26)/t12-/m0/s1. The highest BCUT2D eigenvalue weighted by Gasteiger charge is 2.18. The molecule has 0 radical (unpaired) electrons. The summed E-state index contributed by atoms with van der Waals surface area (Å²) < 4.78 is 1.65. The van der Waals surface area contributed by atoms with Crippen LogP contribution in [0.3, 0.4) is 0 Å². The van der Waals surface area contributed by atoms with E-state index in [1.54, 1.807) is 17.0 Å². The van der Waals surface area contributed by atoms with Crippen molar-refractivity contribution in [3.8, 4) is 11.3 Å². The Balaban J connectivity index is 1.63. The number of H-pyrrole nitrogens is 1. The van der Waals surface area contributed by atoms with Gasteiger partial charge in [-0.25, -0.2) is 19.5 Å². The summed E-state index contributed by atoms with van der Waals surface area (Å²) in [6, 6.07) is 13.9. The molecule has 5 rings (SSSR count). The smallest absolute Gasteiger partial charge is 0.155 e. The molecule has 0 spiro atoms. The van der Waals surface area contributed by atoms with Crippen molar-refractivity contribution in [1.82, 2.24) is 29.5 Å². The molecular formula is C20H16ClN7. The van der Waals surface area contributed by atoms with Gasteiger partial charge in [0.2, 0.25) is 0 Å². The highest BCUT2D eigenvalue weighted by molar-refractivity contribution is 6.29. The Labute approximate surface area is 165 Å². The first kappa shape index (κ1) is 16.7. The van der Waals surface area contributed by atoms with Gasteiger partial charge in [0, 0.05) is 17.3 Å². The van der Waals surface area contributed by atoms with Crippen LogP contribution in [0.2, 0.25) is 5.15 Å². The van der Waals surface area contributed by atoms with Crippen molar-refractivity contribution in [2.75, 3.05) is 5.32 Å². The minimum Gasteiger partial charge on any atom is -0.363 e.